The molecule has 0 saturated heterocycles. The van der Waals surface area contributed by atoms with E-state index >= 15 is 0 Å². The van der Waals surface area contributed by atoms with E-state index in [1.165, 1.54) is 0 Å². The predicted octanol–water partition coefficient (Wildman–Crippen LogP) is 3.56. The average molecular weight is 256 g/mol. The van der Waals surface area contributed by atoms with E-state index in [-0.39, 0.29) is 5.60 Å². The Hall–Kier alpha value is -0.830. The van der Waals surface area contributed by atoms with E-state index in [9.17, 15) is 0 Å². The number of hydrogen-bond donors (Lipinski definition) is 0. The fraction of sp³-hybridized carbons (Fsp3) is 0.364. The molecule has 0 bridgehead atoms. The fourth-order valence-electron chi connectivity index (χ4n) is 0.805. The van der Waals surface area contributed by atoms with E-state index in [4.69, 9.17) is 4.84 Å². The van der Waals surface area contributed by atoms with Crippen molar-refractivity contribution in [1.82, 2.24) is 0 Å². The molecule has 0 spiro atoms. The molecular weight excluding hydrogens is 242 g/mol. The van der Waals surface area contributed by atoms with Gasteiger partial charge in [0.1, 0.15) is 5.60 Å². The highest BCUT2D eigenvalue weighted by Gasteiger charge is 2.10. The summed E-state index contributed by atoms with van der Waals surface area (Å²) >= 11 is 3.36. The van der Waals surface area contributed by atoms with E-state index in [1.807, 2.05) is 51.1 Å². The molecule has 0 radical (unpaired) electrons. The van der Waals surface area contributed by atoms with E-state index < -0.39 is 0 Å². The van der Waals surface area contributed by atoms with Crippen LogP contribution in [0.25, 0.3) is 0 Å². The highest BCUT2D eigenvalue weighted by atomic mass is 79.9. The van der Waals surface area contributed by atoms with Crippen LogP contribution in [0.2, 0.25) is 0 Å². The van der Waals surface area contributed by atoms with Gasteiger partial charge >= 0.3 is 0 Å². The van der Waals surface area contributed by atoms with Crippen molar-refractivity contribution >= 4 is 20.6 Å². The number of nitrogens with zero attached hydrogens (tertiary/aromatic N) is 1. The molecule has 3 heteroatoms. The van der Waals surface area contributed by atoms with Crippen LogP contribution in [-0.2, 0) is 4.84 Å². The van der Waals surface area contributed by atoms with Crippen LogP contribution in [0.15, 0.2) is 35.5 Å². The van der Waals surface area contributed by atoms with Crippen LogP contribution in [0.3, 0.4) is 0 Å². The van der Waals surface area contributed by atoms with Gasteiger partial charge in [0.05, 0.1) is 0 Å². The van der Waals surface area contributed by atoms with Gasteiger partial charge in [0.25, 0.3) is 0 Å². The summed E-state index contributed by atoms with van der Waals surface area (Å²) in [6.45, 7) is 5.88. The normalized spacial score (nSPS) is 12.7. The zero-order valence-corrected chi connectivity index (χ0v) is 10.2. The lowest BCUT2D eigenvalue weighted by Gasteiger charge is -2.15. The molecule has 0 heterocycles. The first-order valence-electron chi connectivity index (χ1n) is 4.46. The van der Waals surface area contributed by atoms with Gasteiger partial charge < -0.3 is 4.84 Å². The van der Waals surface area contributed by atoms with Gasteiger partial charge in [-0.3, -0.25) is 0 Å². The van der Waals surface area contributed by atoms with Gasteiger partial charge in [-0.15, -0.1) is 0 Å². The molecule has 1 aromatic carbocycles. The van der Waals surface area contributed by atoms with Gasteiger partial charge in [0.15, 0.2) is 4.62 Å². The Morgan fingerprint density at radius 3 is 2.29 bits per heavy atom. The third kappa shape index (κ3) is 3.92. The summed E-state index contributed by atoms with van der Waals surface area (Å²) in [6.07, 6.45) is 0. The molecule has 14 heavy (non-hydrogen) atoms. The van der Waals surface area contributed by atoms with Crippen molar-refractivity contribution in [2.75, 3.05) is 0 Å². The van der Waals surface area contributed by atoms with Crippen molar-refractivity contribution < 1.29 is 4.84 Å². The minimum Gasteiger partial charge on any atom is -0.389 e. The first-order valence-corrected chi connectivity index (χ1v) is 5.25. The lowest BCUT2D eigenvalue weighted by atomic mass is 10.2. The monoisotopic (exact) mass is 255 g/mol. The van der Waals surface area contributed by atoms with Gasteiger partial charge in [-0.2, -0.15) is 0 Å². The Morgan fingerprint density at radius 1 is 1.21 bits per heavy atom. The van der Waals surface area contributed by atoms with Gasteiger partial charge in [-0.05, 0) is 36.7 Å². The molecule has 0 aliphatic heterocycles. The van der Waals surface area contributed by atoms with E-state index in [2.05, 4.69) is 21.1 Å². The standard InChI is InChI=1S/C11H14BrNO/c1-11(2,3)14-13-10(12)9-7-5-4-6-8-9/h4-8H,1-3H3/b13-10-. The maximum atomic E-state index is 5.29. The molecule has 76 valence electrons. The van der Waals surface area contributed by atoms with Gasteiger partial charge in [-0.25, -0.2) is 0 Å². The Balaban J connectivity index is 2.71. The molecule has 0 atom stereocenters. The third-order valence-corrected chi connectivity index (χ3v) is 2.01. The minimum absolute atomic E-state index is 0.256. The first-order chi connectivity index (χ1) is 6.49. The number of oxime groups is 1. The molecule has 0 unspecified atom stereocenters. The van der Waals surface area contributed by atoms with Crippen molar-refractivity contribution in [3.05, 3.63) is 35.9 Å². The SMILES string of the molecule is CC(C)(C)O/N=C(\Br)c1ccccc1. The molecular formula is C11H14BrNO. The summed E-state index contributed by atoms with van der Waals surface area (Å²) in [5.74, 6) is 0. The topological polar surface area (TPSA) is 21.6 Å². The largest absolute Gasteiger partial charge is 0.389 e. The van der Waals surface area contributed by atoms with Gasteiger partial charge in [-0.1, -0.05) is 35.5 Å². The second-order valence-electron chi connectivity index (χ2n) is 3.95. The van der Waals surface area contributed by atoms with Crippen LogP contribution >= 0.6 is 15.9 Å². The molecule has 0 N–H and O–H groups in total. The van der Waals surface area contributed by atoms with Crippen molar-refractivity contribution in [2.45, 2.75) is 26.4 Å². The molecule has 0 amide bonds. The molecule has 0 aliphatic carbocycles. The zero-order chi connectivity index (χ0) is 10.6. The van der Waals surface area contributed by atoms with Crippen LogP contribution < -0.4 is 0 Å². The highest BCUT2D eigenvalue weighted by Crippen LogP contribution is 2.11. The van der Waals surface area contributed by atoms with Crippen molar-refractivity contribution in [3.8, 4) is 0 Å². The Bertz CT molecular complexity index is 314. The molecule has 0 aromatic heterocycles. The fourth-order valence-corrected chi connectivity index (χ4v) is 1.14. The van der Waals surface area contributed by atoms with E-state index in [0.717, 1.165) is 5.56 Å². The molecule has 1 rings (SSSR count). The summed E-state index contributed by atoms with van der Waals surface area (Å²) in [7, 11) is 0. The highest BCUT2D eigenvalue weighted by molar-refractivity contribution is 9.18. The second kappa shape index (κ2) is 4.60. The maximum absolute atomic E-state index is 5.29. The Morgan fingerprint density at radius 2 is 1.79 bits per heavy atom. The smallest absolute Gasteiger partial charge is 0.152 e. The summed E-state index contributed by atoms with van der Waals surface area (Å²) in [5, 5.41) is 4.00. The molecule has 1 aromatic rings. The van der Waals surface area contributed by atoms with E-state index in [1.54, 1.807) is 0 Å². The number of halogens is 1. The van der Waals surface area contributed by atoms with Gasteiger partial charge in [0, 0.05) is 5.56 Å². The molecule has 2 nitrogen and oxygen atoms in total. The Labute approximate surface area is 93.1 Å². The quantitative estimate of drug-likeness (QED) is 0.585. The van der Waals surface area contributed by atoms with Crippen molar-refractivity contribution in [2.24, 2.45) is 5.16 Å². The van der Waals surface area contributed by atoms with Crippen molar-refractivity contribution in [1.29, 1.82) is 0 Å². The maximum Gasteiger partial charge on any atom is 0.152 e. The number of benzene rings is 1. The van der Waals surface area contributed by atoms with Gasteiger partial charge in [0.2, 0.25) is 0 Å². The summed E-state index contributed by atoms with van der Waals surface area (Å²) in [5.41, 5.74) is 0.755. The van der Waals surface area contributed by atoms with E-state index in [0.29, 0.717) is 4.62 Å². The zero-order valence-electron chi connectivity index (χ0n) is 8.62. The molecule has 0 saturated carbocycles. The minimum atomic E-state index is -0.256. The van der Waals surface area contributed by atoms with Crippen molar-refractivity contribution in [3.63, 3.8) is 0 Å². The first kappa shape index (κ1) is 11.2. The van der Waals surface area contributed by atoms with Crippen LogP contribution in [0.4, 0.5) is 0 Å². The average Bonchev–Trinajstić information content (AvgIpc) is 2.14. The number of hydrogen-bond acceptors (Lipinski definition) is 2. The molecule has 0 fully saturated rings. The number of rotatable bonds is 2. The third-order valence-electron chi connectivity index (χ3n) is 1.41. The molecule has 0 aliphatic rings. The van der Waals surface area contributed by atoms with Crippen LogP contribution in [-0.4, -0.2) is 10.2 Å². The summed E-state index contributed by atoms with van der Waals surface area (Å²) < 4.78 is 0.716. The summed E-state index contributed by atoms with van der Waals surface area (Å²) in [6, 6.07) is 9.83. The second-order valence-corrected chi connectivity index (χ2v) is 4.70. The summed E-state index contributed by atoms with van der Waals surface area (Å²) in [4.78, 5) is 5.29. The lowest BCUT2D eigenvalue weighted by Crippen LogP contribution is -2.16. The van der Waals surface area contributed by atoms with Crippen LogP contribution in [0, 0.1) is 0 Å². The lowest BCUT2D eigenvalue weighted by molar-refractivity contribution is 0.00172. The van der Waals surface area contributed by atoms with Crippen LogP contribution in [0.5, 0.6) is 0 Å². The predicted molar refractivity (Wildman–Crippen MR) is 62.7 cm³/mol. The van der Waals surface area contributed by atoms with Crippen LogP contribution in [0.1, 0.15) is 26.3 Å². The Kier molecular flexibility index (Phi) is 3.69.